The molecule has 1 N–H and O–H groups in total. The monoisotopic (exact) mass is 501 g/mol. The van der Waals surface area contributed by atoms with Crippen molar-refractivity contribution < 1.29 is 28.3 Å². The molecule has 2 aliphatic heterocycles. The van der Waals surface area contributed by atoms with E-state index in [1.165, 1.54) is 12.1 Å². The van der Waals surface area contributed by atoms with Gasteiger partial charge >= 0.3 is 0 Å². The van der Waals surface area contributed by atoms with Crippen LogP contribution in [0.15, 0.2) is 66.7 Å². The van der Waals surface area contributed by atoms with Gasteiger partial charge in [-0.05, 0) is 61.4 Å². The molecule has 4 amide bonds. The molecule has 0 bridgehead atoms. The Morgan fingerprint density at radius 2 is 1.62 bits per heavy atom. The standard InChI is InChI=1S/C28H24FN3O5/c1-17-26(34)32(16-18-8-10-19(29)11-9-18)23-15-20(12-13-24(23)37-17)30-25(33)7-4-14-31-27(35)21-5-2-3-6-22(21)28(31)36/h2-3,5-6,8-13,15,17H,4,7,14,16H2,1H3,(H,30,33). The molecule has 0 saturated carbocycles. The lowest BCUT2D eigenvalue weighted by atomic mass is 10.1. The summed E-state index contributed by atoms with van der Waals surface area (Å²) in [7, 11) is 0. The maximum absolute atomic E-state index is 13.3. The Morgan fingerprint density at radius 3 is 2.30 bits per heavy atom. The molecule has 0 aromatic heterocycles. The molecular formula is C28H24FN3O5. The van der Waals surface area contributed by atoms with Crippen LogP contribution in [-0.2, 0) is 16.1 Å². The summed E-state index contributed by atoms with van der Waals surface area (Å²) < 4.78 is 19.0. The van der Waals surface area contributed by atoms with Gasteiger partial charge in [0.1, 0.15) is 11.6 Å². The number of rotatable bonds is 7. The number of carbonyl (C=O) groups excluding carboxylic acids is 4. The quantitative estimate of drug-likeness (QED) is 0.491. The Labute approximate surface area is 212 Å². The van der Waals surface area contributed by atoms with Gasteiger partial charge in [-0.25, -0.2) is 4.39 Å². The first-order valence-corrected chi connectivity index (χ1v) is 11.9. The number of benzene rings is 3. The molecule has 2 heterocycles. The van der Waals surface area contributed by atoms with Crippen LogP contribution < -0.4 is 15.0 Å². The van der Waals surface area contributed by atoms with Crippen LogP contribution in [0, 0.1) is 5.82 Å². The number of anilines is 2. The van der Waals surface area contributed by atoms with Crippen molar-refractivity contribution in [2.75, 3.05) is 16.8 Å². The molecular weight excluding hydrogens is 477 g/mol. The van der Waals surface area contributed by atoms with Crippen molar-refractivity contribution in [1.82, 2.24) is 4.90 Å². The van der Waals surface area contributed by atoms with Crippen molar-refractivity contribution in [3.8, 4) is 5.75 Å². The second kappa shape index (κ2) is 9.85. The maximum atomic E-state index is 13.3. The minimum absolute atomic E-state index is 0.0935. The van der Waals surface area contributed by atoms with Gasteiger partial charge in [-0.1, -0.05) is 24.3 Å². The zero-order chi connectivity index (χ0) is 26.1. The predicted octanol–water partition coefficient (Wildman–Crippen LogP) is 4.15. The summed E-state index contributed by atoms with van der Waals surface area (Å²) in [6.45, 7) is 2.01. The first kappa shape index (κ1) is 24.2. The van der Waals surface area contributed by atoms with Crippen molar-refractivity contribution in [1.29, 1.82) is 0 Å². The third-order valence-corrected chi connectivity index (χ3v) is 6.37. The van der Waals surface area contributed by atoms with E-state index in [0.29, 0.717) is 34.7 Å². The number of halogens is 1. The Bertz CT molecular complexity index is 1370. The molecule has 3 aromatic carbocycles. The number of ether oxygens (including phenoxy) is 1. The SMILES string of the molecule is CC1Oc2ccc(NC(=O)CCCN3C(=O)c4ccccc4C3=O)cc2N(Cc2ccc(F)cc2)C1=O. The summed E-state index contributed by atoms with van der Waals surface area (Å²) in [6.07, 6.45) is -0.288. The number of carbonyl (C=O) groups is 4. The zero-order valence-corrected chi connectivity index (χ0v) is 20.1. The highest BCUT2D eigenvalue weighted by atomic mass is 19.1. The average Bonchev–Trinajstić information content (AvgIpc) is 3.13. The fourth-order valence-electron chi connectivity index (χ4n) is 4.48. The van der Waals surface area contributed by atoms with Crippen LogP contribution in [0.1, 0.15) is 46.0 Å². The number of hydrogen-bond acceptors (Lipinski definition) is 5. The van der Waals surface area contributed by atoms with Gasteiger partial charge in [0, 0.05) is 18.7 Å². The first-order chi connectivity index (χ1) is 17.8. The summed E-state index contributed by atoms with van der Waals surface area (Å²) in [5.74, 6) is -1.11. The molecule has 0 saturated heterocycles. The number of fused-ring (bicyclic) bond motifs is 2. The summed E-state index contributed by atoms with van der Waals surface area (Å²) in [6, 6.07) is 17.6. The molecule has 3 aromatic rings. The normalized spacial score (nSPS) is 16.4. The van der Waals surface area contributed by atoms with Crippen LogP contribution in [0.3, 0.4) is 0 Å². The maximum Gasteiger partial charge on any atom is 0.268 e. The van der Waals surface area contributed by atoms with E-state index in [-0.39, 0.29) is 49.0 Å². The molecule has 0 fully saturated rings. The highest BCUT2D eigenvalue weighted by molar-refractivity contribution is 6.21. The van der Waals surface area contributed by atoms with E-state index in [4.69, 9.17) is 4.74 Å². The van der Waals surface area contributed by atoms with E-state index < -0.39 is 6.10 Å². The van der Waals surface area contributed by atoms with Gasteiger partial charge in [-0.15, -0.1) is 0 Å². The van der Waals surface area contributed by atoms with E-state index in [0.717, 1.165) is 10.5 Å². The number of hydrogen-bond donors (Lipinski definition) is 1. The van der Waals surface area contributed by atoms with E-state index in [9.17, 15) is 23.6 Å². The third kappa shape index (κ3) is 4.80. The molecule has 1 unspecified atom stereocenters. The Hall–Kier alpha value is -4.53. The van der Waals surface area contributed by atoms with Gasteiger partial charge in [0.2, 0.25) is 5.91 Å². The van der Waals surface area contributed by atoms with Crippen LogP contribution in [0.25, 0.3) is 0 Å². The number of imide groups is 1. The van der Waals surface area contributed by atoms with Crippen LogP contribution in [0.2, 0.25) is 0 Å². The van der Waals surface area contributed by atoms with Gasteiger partial charge in [0.05, 0.1) is 23.4 Å². The number of nitrogens with one attached hydrogen (secondary N) is 1. The van der Waals surface area contributed by atoms with Crippen molar-refractivity contribution >= 4 is 35.0 Å². The largest absolute Gasteiger partial charge is 0.479 e. The van der Waals surface area contributed by atoms with Crippen LogP contribution in [0.5, 0.6) is 5.75 Å². The van der Waals surface area contributed by atoms with Gasteiger partial charge < -0.3 is 15.0 Å². The average molecular weight is 502 g/mol. The molecule has 9 heteroatoms. The Morgan fingerprint density at radius 1 is 0.946 bits per heavy atom. The summed E-state index contributed by atoms with van der Waals surface area (Å²) >= 11 is 0. The van der Waals surface area contributed by atoms with Crippen molar-refractivity contribution in [2.24, 2.45) is 0 Å². The van der Waals surface area contributed by atoms with E-state index in [2.05, 4.69) is 5.32 Å². The van der Waals surface area contributed by atoms with E-state index in [1.54, 1.807) is 66.4 Å². The van der Waals surface area contributed by atoms with Crippen LogP contribution >= 0.6 is 0 Å². The second-order valence-electron chi connectivity index (χ2n) is 8.95. The Balaban J connectivity index is 1.23. The summed E-state index contributed by atoms with van der Waals surface area (Å²) in [4.78, 5) is 53.2. The smallest absolute Gasteiger partial charge is 0.268 e. The van der Waals surface area contributed by atoms with Crippen LogP contribution in [0.4, 0.5) is 15.8 Å². The molecule has 2 aliphatic rings. The van der Waals surface area contributed by atoms with Crippen LogP contribution in [-0.4, -0.2) is 41.2 Å². The lowest BCUT2D eigenvalue weighted by molar-refractivity contribution is -0.125. The lowest BCUT2D eigenvalue weighted by Gasteiger charge is -2.33. The van der Waals surface area contributed by atoms with Crippen molar-refractivity contribution in [2.45, 2.75) is 32.4 Å². The minimum Gasteiger partial charge on any atom is -0.479 e. The van der Waals surface area contributed by atoms with Crippen molar-refractivity contribution in [3.05, 3.63) is 89.2 Å². The van der Waals surface area contributed by atoms with Gasteiger partial charge in [0.25, 0.3) is 17.7 Å². The number of amides is 4. The molecule has 5 rings (SSSR count). The minimum atomic E-state index is -0.685. The molecule has 188 valence electrons. The van der Waals surface area contributed by atoms with E-state index in [1.807, 2.05) is 0 Å². The molecule has 37 heavy (non-hydrogen) atoms. The molecule has 1 atom stereocenters. The second-order valence-corrected chi connectivity index (χ2v) is 8.95. The topological polar surface area (TPSA) is 96.0 Å². The highest BCUT2D eigenvalue weighted by Crippen LogP contribution is 2.37. The van der Waals surface area contributed by atoms with Crippen molar-refractivity contribution in [3.63, 3.8) is 0 Å². The van der Waals surface area contributed by atoms with E-state index >= 15 is 0 Å². The third-order valence-electron chi connectivity index (χ3n) is 6.37. The first-order valence-electron chi connectivity index (χ1n) is 11.9. The lowest BCUT2D eigenvalue weighted by Crippen LogP contribution is -2.44. The fourth-order valence-corrected chi connectivity index (χ4v) is 4.48. The van der Waals surface area contributed by atoms with Gasteiger partial charge in [-0.3, -0.25) is 24.1 Å². The summed E-state index contributed by atoms with van der Waals surface area (Å²) in [5, 5.41) is 2.80. The molecule has 0 aliphatic carbocycles. The highest BCUT2D eigenvalue weighted by Gasteiger charge is 2.35. The Kier molecular flexibility index (Phi) is 6.43. The fraction of sp³-hybridized carbons (Fsp3) is 0.214. The molecule has 8 nitrogen and oxygen atoms in total. The number of nitrogens with zero attached hydrogens (tertiary/aromatic N) is 2. The predicted molar refractivity (Wildman–Crippen MR) is 134 cm³/mol. The van der Waals surface area contributed by atoms with Gasteiger partial charge in [-0.2, -0.15) is 0 Å². The zero-order valence-electron chi connectivity index (χ0n) is 20.1. The van der Waals surface area contributed by atoms with Gasteiger partial charge in [0.15, 0.2) is 6.10 Å². The molecule has 0 spiro atoms. The molecule has 0 radical (unpaired) electrons. The summed E-state index contributed by atoms with van der Waals surface area (Å²) in [5.41, 5.74) is 2.47.